The van der Waals surface area contributed by atoms with Crippen LogP contribution in [0.2, 0.25) is 0 Å². The molecule has 1 saturated carbocycles. The maximum absolute atomic E-state index is 10.7. The van der Waals surface area contributed by atoms with Crippen LogP contribution in [0, 0.1) is 0 Å². The Morgan fingerprint density at radius 3 is 2.58 bits per heavy atom. The molecule has 1 fully saturated rings. The van der Waals surface area contributed by atoms with Crippen LogP contribution in [-0.2, 0) is 6.42 Å². The van der Waals surface area contributed by atoms with Crippen molar-refractivity contribution in [2.45, 2.75) is 43.7 Å². The highest BCUT2D eigenvalue weighted by molar-refractivity contribution is 5.29. The van der Waals surface area contributed by atoms with E-state index >= 15 is 0 Å². The second kappa shape index (κ2) is 5.93. The van der Waals surface area contributed by atoms with Crippen molar-refractivity contribution >= 4 is 0 Å². The van der Waals surface area contributed by atoms with Gasteiger partial charge in [0.15, 0.2) is 0 Å². The number of ether oxygens (including phenoxy) is 1. The van der Waals surface area contributed by atoms with E-state index in [1.54, 1.807) is 7.11 Å². The Hall–Kier alpha value is -1.06. The Bertz CT molecular complexity index is 411. The van der Waals surface area contributed by atoms with Crippen molar-refractivity contribution < 1.29 is 9.84 Å². The number of aliphatic hydroxyl groups is 1. The number of hydrogen-bond donors (Lipinski definition) is 1. The van der Waals surface area contributed by atoms with Crippen LogP contribution in [0.5, 0.6) is 5.75 Å². The summed E-state index contributed by atoms with van der Waals surface area (Å²) in [6, 6.07) is 8.00. The third kappa shape index (κ3) is 2.93. The molecular weight excluding hydrogens is 238 g/mol. The molecule has 1 N–H and O–H groups in total. The summed E-state index contributed by atoms with van der Waals surface area (Å²) in [6.45, 7) is 0. The Kier molecular flexibility index (Phi) is 4.48. The van der Waals surface area contributed by atoms with Crippen LogP contribution in [0.4, 0.5) is 0 Å². The molecule has 19 heavy (non-hydrogen) atoms. The van der Waals surface area contributed by atoms with Crippen LogP contribution >= 0.6 is 0 Å². The third-order valence-electron chi connectivity index (χ3n) is 4.54. The van der Waals surface area contributed by atoms with Gasteiger partial charge >= 0.3 is 0 Å². The number of methoxy groups -OCH3 is 1. The van der Waals surface area contributed by atoms with Crippen molar-refractivity contribution in [1.82, 2.24) is 4.90 Å². The molecule has 0 amide bonds. The molecule has 1 atom stereocenters. The summed E-state index contributed by atoms with van der Waals surface area (Å²) in [6.07, 6.45) is 4.98. The zero-order valence-corrected chi connectivity index (χ0v) is 12.2. The largest absolute Gasteiger partial charge is 0.497 e. The minimum Gasteiger partial charge on any atom is -0.497 e. The summed E-state index contributed by atoms with van der Waals surface area (Å²) in [5.74, 6) is 0.857. The molecule has 106 valence electrons. The van der Waals surface area contributed by atoms with Gasteiger partial charge in [-0.25, -0.2) is 0 Å². The molecular formula is C16H25NO2. The molecule has 1 aromatic rings. The van der Waals surface area contributed by atoms with Crippen LogP contribution in [0.1, 0.15) is 31.2 Å². The molecule has 0 radical (unpaired) electrons. The van der Waals surface area contributed by atoms with Gasteiger partial charge in [-0.15, -0.1) is 0 Å². The molecule has 1 aliphatic rings. The van der Waals surface area contributed by atoms with Crippen molar-refractivity contribution in [2.75, 3.05) is 21.2 Å². The molecule has 0 aliphatic heterocycles. The van der Waals surface area contributed by atoms with E-state index < -0.39 is 0 Å². The lowest BCUT2D eigenvalue weighted by Crippen LogP contribution is -2.52. The van der Waals surface area contributed by atoms with E-state index in [-0.39, 0.29) is 11.6 Å². The van der Waals surface area contributed by atoms with Crippen LogP contribution in [0.3, 0.4) is 0 Å². The van der Waals surface area contributed by atoms with Gasteiger partial charge in [0.1, 0.15) is 5.75 Å². The van der Waals surface area contributed by atoms with Crippen molar-refractivity contribution in [3.8, 4) is 5.75 Å². The van der Waals surface area contributed by atoms with E-state index in [9.17, 15) is 5.11 Å². The molecule has 3 heteroatoms. The normalized spacial score (nSPS) is 19.6. The zero-order chi connectivity index (χ0) is 13.9. The quantitative estimate of drug-likeness (QED) is 0.886. The van der Waals surface area contributed by atoms with Gasteiger partial charge in [-0.05, 0) is 44.6 Å². The lowest BCUT2D eigenvalue weighted by molar-refractivity contribution is -0.00252. The van der Waals surface area contributed by atoms with E-state index in [2.05, 4.69) is 25.1 Å². The maximum Gasteiger partial charge on any atom is 0.119 e. The number of nitrogens with zero attached hydrogens (tertiary/aromatic N) is 1. The standard InChI is InChI=1S/C16H25NO2/c1-17(2)16(9-4-5-10-16)15(18)12-13-7-6-8-14(11-13)19-3/h6-8,11,15,18H,4-5,9-10,12H2,1-3H3. The van der Waals surface area contributed by atoms with Gasteiger partial charge in [-0.3, -0.25) is 0 Å². The van der Waals surface area contributed by atoms with E-state index in [4.69, 9.17) is 4.74 Å². The topological polar surface area (TPSA) is 32.7 Å². The van der Waals surface area contributed by atoms with Gasteiger partial charge in [0.25, 0.3) is 0 Å². The van der Waals surface area contributed by atoms with Crippen molar-refractivity contribution in [2.24, 2.45) is 0 Å². The fourth-order valence-electron chi connectivity index (χ4n) is 3.28. The molecule has 1 aliphatic carbocycles. The van der Waals surface area contributed by atoms with Gasteiger partial charge in [-0.1, -0.05) is 25.0 Å². The molecule has 1 aromatic carbocycles. The Morgan fingerprint density at radius 2 is 2.00 bits per heavy atom. The minimum absolute atomic E-state index is 0.0525. The van der Waals surface area contributed by atoms with Gasteiger partial charge in [-0.2, -0.15) is 0 Å². The third-order valence-corrected chi connectivity index (χ3v) is 4.54. The van der Waals surface area contributed by atoms with Crippen LogP contribution in [-0.4, -0.2) is 42.9 Å². The van der Waals surface area contributed by atoms with Crippen LogP contribution in [0.15, 0.2) is 24.3 Å². The molecule has 0 heterocycles. The van der Waals surface area contributed by atoms with Crippen molar-refractivity contribution in [3.05, 3.63) is 29.8 Å². The number of benzene rings is 1. The van der Waals surface area contributed by atoms with Gasteiger partial charge in [0.2, 0.25) is 0 Å². The lowest BCUT2D eigenvalue weighted by Gasteiger charge is -2.40. The van der Waals surface area contributed by atoms with Gasteiger partial charge < -0.3 is 14.7 Å². The molecule has 1 unspecified atom stereocenters. The zero-order valence-electron chi connectivity index (χ0n) is 12.2. The summed E-state index contributed by atoms with van der Waals surface area (Å²) >= 11 is 0. The fourth-order valence-corrected chi connectivity index (χ4v) is 3.28. The Balaban J connectivity index is 2.12. The predicted octanol–water partition coefficient (Wildman–Crippen LogP) is 2.47. The number of likely N-dealkylation sites (N-methyl/N-ethyl adjacent to an activating group) is 1. The Labute approximate surface area is 116 Å². The van der Waals surface area contributed by atoms with Gasteiger partial charge in [0.05, 0.1) is 13.2 Å². The summed E-state index contributed by atoms with van der Waals surface area (Å²) < 4.78 is 5.24. The first-order valence-corrected chi connectivity index (χ1v) is 7.07. The highest BCUT2D eigenvalue weighted by Gasteiger charge is 2.42. The first-order valence-electron chi connectivity index (χ1n) is 7.07. The van der Waals surface area contributed by atoms with E-state index in [1.807, 2.05) is 18.2 Å². The molecule has 2 rings (SSSR count). The van der Waals surface area contributed by atoms with Crippen molar-refractivity contribution in [1.29, 1.82) is 0 Å². The molecule has 0 aromatic heterocycles. The second-order valence-electron chi connectivity index (χ2n) is 5.78. The molecule has 0 spiro atoms. The SMILES string of the molecule is COc1cccc(CC(O)C2(N(C)C)CCCC2)c1. The first-order chi connectivity index (χ1) is 9.08. The van der Waals surface area contributed by atoms with E-state index in [0.717, 1.165) is 24.2 Å². The number of hydrogen-bond acceptors (Lipinski definition) is 3. The van der Waals surface area contributed by atoms with Crippen LogP contribution in [0.25, 0.3) is 0 Å². The Morgan fingerprint density at radius 1 is 1.32 bits per heavy atom. The highest BCUT2D eigenvalue weighted by Crippen LogP contribution is 2.37. The average molecular weight is 263 g/mol. The minimum atomic E-state index is -0.322. The second-order valence-corrected chi connectivity index (χ2v) is 5.78. The molecule has 3 nitrogen and oxygen atoms in total. The lowest BCUT2D eigenvalue weighted by atomic mass is 9.85. The smallest absolute Gasteiger partial charge is 0.119 e. The summed E-state index contributed by atoms with van der Waals surface area (Å²) in [7, 11) is 5.84. The average Bonchev–Trinajstić information content (AvgIpc) is 2.89. The monoisotopic (exact) mass is 263 g/mol. The van der Waals surface area contributed by atoms with E-state index in [1.165, 1.54) is 12.8 Å². The molecule has 0 saturated heterocycles. The summed E-state index contributed by atoms with van der Waals surface area (Å²) in [4.78, 5) is 2.21. The first kappa shape index (κ1) is 14.4. The van der Waals surface area contributed by atoms with Crippen LogP contribution < -0.4 is 4.74 Å². The maximum atomic E-state index is 10.7. The summed E-state index contributed by atoms with van der Waals surface area (Å²) in [5, 5.41) is 10.7. The van der Waals surface area contributed by atoms with Gasteiger partial charge in [0, 0.05) is 12.0 Å². The van der Waals surface area contributed by atoms with Crippen molar-refractivity contribution in [3.63, 3.8) is 0 Å². The van der Waals surface area contributed by atoms with E-state index in [0.29, 0.717) is 6.42 Å². The summed E-state index contributed by atoms with van der Waals surface area (Å²) in [5.41, 5.74) is 1.09. The fraction of sp³-hybridized carbons (Fsp3) is 0.625. The predicted molar refractivity (Wildman–Crippen MR) is 77.6 cm³/mol. The highest BCUT2D eigenvalue weighted by atomic mass is 16.5. The number of aliphatic hydroxyl groups excluding tert-OH is 1. The number of rotatable bonds is 5. The molecule has 0 bridgehead atoms.